The van der Waals surface area contributed by atoms with Gasteiger partial charge < -0.3 is 0 Å². The minimum Gasteiger partial charge on any atom is -0.103 e. The quantitative estimate of drug-likeness (QED) is 0.609. The van der Waals surface area contributed by atoms with E-state index in [1.54, 1.807) is 0 Å². The first-order valence-electron chi connectivity index (χ1n) is 5.57. The summed E-state index contributed by atoms with van der Waals surface area (Å²) >= 11 is 0. The molecule has 1 aromatic carbocycles. The lowest BCUT2D eigenvalue weighted by Crippen LogP contribution is -2.12. The van der Waals surface area contributed by atoms with E-state index in [-0.39, 0.29) is 0 Å². The molecule has 0 bridgehead atoms. The third kappa shape index (κ3) is 2.06. The van der Waals surface area contributed by atoms with E-state index in [2.05, 4.69) is 43.0 Å². The Bertz CT molecular complexity index is 286. The van der Waals surface area contributed by atoms with Crippen LogP contribution in [0.2, 0.25) is 0 Å². The van der Waals surface area contributed by atoms with Crippen LogP contribution in [0.4, 0.5) is 0 Å². The summed E-state index contributed by atoms with van der Waals surface area (Å²) in [4.78, 5) is 0. The molecule has 74 valence electrons. The predicted molar refractivity (Wildman–Crippen MR) is 61.3 cm³/mol. The van der Waals surface area contributed by atoms with Crippen LogP contribution in [0.1, 0.15) is 37.2 Å². The molecule has 0 spiro atoms. The molecular weight excluding hydrogens is 168 g/mol. The molecule has 0 N–H and O–H groups in total. The predicted octanol–water partition coefficient (Wildman–Crippen LogP) is 4.15. The second-order valence-electron chi connectivity index (χ2n) is 4.27. The molecule has 0 radical (unpaired) electrons. The van der Waals surface area contributed by atoms with Gasteiger partial charge in [-0.15, -0.1) is 6.58 Å². The fourth-order valence-electron chi connectivity index (χ4n) is 2.47. The van der Waals surface area contributed by atoms with E-state index in [4.69, 9.17) is 0 Å². The van der Waals surface area contributed by atoms with Gasteiger partial charge in [0.1, 0.15) is 0 Å². The van der Waals surface area contributed by atoms with Crippen molar-refractivity contribution >= 4 is 0 Å². The first kappa shape index (κ1) is 9.51. The zero-order valence-electron chi connectivity index (χ0n) is 8.65. The largest absolute Gasteiger partial charge is 0.103 e. The lowest BCUT2D eigenvalue weighted by atomic mass is 9.78. The minimum absolute atomic E-state index is 0.744. The van der Waals surface area contributed by atoms with Gasteiger partial charge in [0, 0.05) is 0 Å². The van der Waals surface area contributed by atoms with Crippen LogP contribution in [0.15, 0.2) is 43.0 Å². The van der Waals surface area contributed by atoms with Gasteiger partial charge in [0.2, 0.25) is 0 Å². The number of allylic oxidation sites excluding steroid dienone is 1. The van der Waals surface area contributed by atoms with E-state index < -0.39 is 0 Å². The minimum atomic E-state index is 0.744. The van der Waals surface area contributed by atoms with Crippen molar-refractivity contribution in [3.63, 3.8) is 0 Å². The molecule has 0 aromatic heterocycles. The molecule has 2 unspecified atom stereocenters. The average molecular weight is 186 g/mol. The fourth-order valence-corrected chi connectivity index (χ4v) is 2.47. The summed E-state index contributed by atoms with van der Waals surface area (Å²) in [6.07, 6.45) is 7.49. The summed E-state index contributed by atoms with van der Waals surface area (Å²) < 4.78 is 0. The van der Waals surface area contributed by atoms with Crippen LogP contribution in [-0.2, 0) is 0 Å². The molecule has 0 heteroatoms. The van der Waals surface area contributed by atoms with E-state index in [9.17, 15) is 0 Å². The molecule has 0 amide bonds. The van der Waals surface area contributed by atoms with Gasteiger partial charge in [0.25, 0.3) is 0 Å². The van der Waals surface area contributed by atoms with Crippen LogP contribution >= 0.6 is 0 Å². The van der Waals surface area contributed by atoms with E-state index in [1.165, 1.54) is 31.2 Å². The Labute approximate surface area is 86.7 Å². The van der Waals surface area contributed by atoms with E-state index in [0.717, 1.165) is 11.8 Å². The molecule has 0 aliphatic heterocycles. The number of hydrogen-bond donors (Lipinski definition) is 0. The molecular formula is C14H18. The van der Waals surface area contributed by atoms with Gasteiger partial charge in [0.15, 0.2) is 0 Å². The van der Waals surface area contributed by atoms with Crippen molar-refractivity contribution in [2.75, 3.05) is 0 Å². The fraction of sp³-hybridized carbons (Fsp3) is 0.429. The highest BCUT2D eigenvalue weighted by Gasteiger charge is 2.20. The molecule has 2 rings (SSSR count). The van der Waals surface area contributed by atoms with Crippen molar-refractivity contribution in [1.82, 2.24) is 0 Å². The zero-order valence-corrected chi connectivity index (χ0v) is 8.65. The molecule has 0 nitrogen and oxygen atoms in total. The second kappa shape index (κ2) is 4.45. The van der Waals surface area contributed by atoms with Gasteiger partial charge in [-0.2, -0.15) is 0 Å². The first-order chi connectivity index (χ1) is 6.90. The lowest BCUT2D eigenvalue weighted by molar-refractivity contribution is 0.373. The highest BCUT2D eigenvalue weighted by molar-refractivity contribution is 5.20. The SMILES string of the molecule is C=CC1CCCC(c2ccccc2)C1. The first-order valence-corrected chi connectivity index (χ1v) is 5.57. The molecule has 1 aliphatic carbocycles. The van der Waals surface area contributed by atoms with E-state index in [0.29, 0.717) is 0 Å². The molecule has 1 fully saturated rings. The highest BCUT2D eigenvalue weighted by atomic mass is 14.3. The van der Waals surface area contributed by atoms with Gasteiger partial charge >= 0.3 is 0 Å². The number of hydrogen-bond acceptors (Lipinski definition) is 0. The van der Waals surface area contributed by atoms with Crippen LogP contribution in [0.25, 0.3) is 0 Å². The molecule has 14 heavy (non-hydrogen) atoms. The lowest BCUT2D eigenvalue weighted by Gasteiger charge is -2.27. The monoisotopic (exact) mass is 186 g/mol. The topological polar surface area (TPSA) is 0 Å². The van der Waals surface area contributed by atoms with Gasteiger partial charge in [0.05, 0.1) is 0 Å². The normalized spacial score (nSPS) is 27.1. The molecule has 1 aliphatic rings. The second-order valence-corrected chi connectivity index (χ2v) is 4.27. The Hall–Kier alpha value is -1.04. The van der Waals surface area contributed by atoms with Crippen molar-refractivity contribution in [3.05, 3.63) is 48.6 Å². The van der Waals surface area contributed by atoms with Gasteiger partial charge in [-0.25, -0.2) is 0 Å². The van der Waals surface area contributed by atoms with Crippen molar-refractivity contribution in [1.29, 1.82) is 0 Å². The molecule has 2 atom stereocenters. The third-order valence-corrected chi connectivity index (χ3v) is 3.32. The van der Waals surface area contributed by atoms with Crippen molar-refractivity contribution in [3.8, 4) is 0 Å². The Balaban J connectivity index is 2.08. The van der Waals surface area contributed by atoms with Crippen molar-refractivity contribution in [2.24, 2.45) is 5.92 Å². The van der Waals surface area contributed by atoms with Crippen molar-refractivity contribution < 1.29 is 0 Å². The third-order valence-electron chi connectivity index (χ3n) is 3.32. The number of rotatable bonds is 2. The van der Waals surface area contributed by atoms with Gasteiger partial charge in [-0.05, 0) is 36.7 Å². The summed E-state index contributed by atoms with van der Waals surface area (Å²) in [6, 6.07) is 10.9. The van der Waals surface area contributed by atoms with Crippen LogP contribution in [0, 0.1) is 5.92 Å². The van der Waals surface area contributed by atoms with Gasteiger partial charge in [-0.3, -0.25) is 0 Å². The summed E-state index contributed by atoms with van der Waals surface area (Å²) in [6.45, 7) is 3.91. The Morgan fingerprint density at radius 1 is 1.14 bits per heavy atom. The maximum Gasteiger partial charge on any atom is -0.0156 e. The smallest absolute Gasteiger partial charge is 0.0156 e. The van der Waals surface area contributed by atoms with E-state index >= 15 is 0 Å². The van der Waals surface area contributed by atoms with Crippen molar-refractivity contribution in [2.45, 2.75) is 31.6 Å². The van der Waals surface area contributed by atoms with Crippen LogP contribution < -0.4 is 0 Å². The van der Waals surface area contributed by atoms with Crippen LogP contribution in [0.5, 0.6) is 0 Å². The molecule has 1 saturated carbocycles. The molecule has 1 aromatic rings. The summed E-state index contributed by atoms with van der Waals surface area (Å²) in [5, 5.41) is 0. The highest BCUT2D eigenvalue weighted by Crippen LogP contribution is 2.36. The Kier molecular flexibility index (Phi) is 3.03. The molecule has 0 heterocycles. The summed E-state index contributed by atoms with van der Waals surface area (Å²) in [5.74, 6) is 1.52. The number of benzene rings is 1. The van der Waals surface area contributed by atoms with Gasteiger partial charge in [-0.1, -0.05) is 42.8 Å². The zero-order chi connectivity index (χ0) is 9.80. The Morgan fingerprint density at radius 2 is 1.93 bits per heavy atom. The maximum atomic E-state index is 3.91. The maximum absolute atomic E-state index is 3.91. The van der Waals surface area contributed by atoms with Crippen LogP contribution in [-0.4, -0.2) is 0 Å². The van der Waals surface area contributed by atoms with Crippen LogP contribution in [0.3, 0.4) is 0 Å². The Morgan fingerprint density at radius 3 is 2.64 bits per heavy atom. The standard InChI is InChI=1S/C14H18/c1-2-12-7-6-10-14(11-12)13-8-4-3-5-9-13/h2-5,8-9,12,14H,1,6-7,10-11H2. The summed E-state index contributed by atoms with van der Waals surface area (Å²) in [7, 11) is 0. The molecule has 0 saturated heterocycles. The summed E-state index contributed by atoms with van der Waals surface area (Å²) in [5.41, 5.74) is 1.51. The van der Waals surface area contributed by atoms with E-state index in [1.807, 2.05) is 0 Å². The average Bonchev–Trinajstić information content (AvgIpc) is 2.30.